The van der Waals surface area contributed by atoms with Gasteiger partial charge in [0.25, 0.3) is 0 Å². The third kappa shape index (κ3) is 2.27. The number of likely N-dealkylation sites (tertiary alicyclic amines) is 1. The predicted molar refractivity (Wildman–Crippen MR) is 83.0 cm³/mol. The molecule has 0 spiro atoms. The first-order valence-corrected chi connectivity index (χ1v) is 7.15. The molecule has 1 saturated heterocycles. The lowest BCUT2D eigenvalue weighted by molar-refractivity contribution is 0.529. The number of benzene rings is 1. The van der Waals surface area contributed by atoms with Crippen LogP contribution in [-0.4, -0.2) is 38.0 Å². The zero-order chi connectivity index (χ0) is 14.1. The van der Waals surface area contributed by atoms with Gasteiger partial charge in [-0.1, -0.05) is 35.1 Å². The maximum atomic E-state index is 6.17. The standard InChI is InChI=1S/C14H17N5S/c1-10-4-6-11(7-5-10)19-13(15)12(16-17-19)14(20)18-8-2-3-9-18/h4-7H,2-3,8-9,15H2,1H3. The van der Waals surface area contributed by atoms with Crippen LogP contribution in [0, 0.1) is 6.92 Å². The lowest BCUT2D eigenvalue weighted by atomic mass is 10.2. The van der Waals surface area contributed by atoms with Crippen LogP contribution in [0.4, 0.5) is 5.82 Å². The maximum absolute atomic E-state index is 6.17. The minimum Gasteiger partial charge on any atom is -0.382 e. The van der Waals surface area contributed by atoms with E-state index in [1.807, 2.05) is 31.2 Å². The Labute approximate surface area is 123 Å². The van der Waals surface area contributed by atoms with Gasteiger partial charge in [-0.3, -0.25) is 0 Å². The number of nitrogen functional groups attached to an aromatic ring is 1. The van der Waals surface area contributed by atoms with Crippen LogP contribution in [0.2, 0.25) is 0 Å². The van der Waals surface area contributed by atoms with Gasteiger partial charge in [-0.25, -0.2) is 0 Å². The largest absolute Gasteiger partial charge is 0.382 e. The molecular weight excluding hydrogens is 270 g/mol. The molecule has 0 amide bonds. The lowest BCUT2D eigenvalue weighted by Crippen LogP contribution is -2.27. The molecule has 104 valence electrons. The second-order valence-electron chi connectivity index (χ2n) is 5.07. The van der Waals surface area contributed by atoms with Crippen molar-refractivity contribution in [3.8, 4) is 5.69 Å². The SMILES string of the molecule is Cc1ccc(-n2nnc(C(=S)N3CCCC3)c2N)cc1. The highest BCUT2D eigenvalue weighted by atomic mass is 32.1. The number of nitrogens with two attached hydrogens (primary N) is 1. The summed E-state index contributed by atoms with van der Waals surface area (Å²) in [6, 6.07) is 8.00. The summed E-state index contributed by atoms with van der Waals surface area (Å²) < 4.78 is 1.64. The van der Waals surface area contributed by atoms with Gasteiger partial charge in [-0.05, 0) is 31.9 Å². The van der Waals surface area contributed by atoms with E-state index in [9.17, 15) is 0 Å². The quantitative estimate of drug-likeness (QED) is 0.855. The monoisotopic (exact) mass is 287 g/mol. The van der Waals surface area contributed by atoms with E-state index in [0.29, 0.717) is 16.5 Å². The first kappa shape index (κ1) is 13.1. The fraction of sp³-hybridized carbons (Fsp3) is 0.357. The fourth-order valence-electron chi connectivity index (χ4n) is 2.39. The molecule has 2 heterocycles. The van der Waals surface area contributed by atoms with Crippen LogP contribution < -0.4 is 5.73 Å². The summed E-state index contributed by atoms with van der Waals surface area (Å²) in [6.45, 7) is 4.01. The normalized spacial score (nSPS) is 14.8. The first-order chi connectivity index (χ1) is 9.66. The van der Waals surface area contributed by atoms with Crippen molar-refractivity contribution in [1.82, 2.24) is 19.9 Å². The van der Waals surface area contributed by atoms with Crippen molar-refractivity contribution in [2.75, 3.05) is 18.8 Å². The third-order valence-corrected chi connectivity index (χ3v) is 4.03. The van der Waals surface area contributed by atoms with E-state index in [0.717, 1.165) is 18.8 Å². The van der Waals surface area contributed by atoms with Crippen LogP contribution >= 0.6 is 12.2 Å². The minimum atomic E-state index is 0.505. The Morgan fingerprint density at radius 3 is 2.50 bits per heavy atom. The van der Waals surface area contributed by atoms with Crippen LogP contribution in [0.5, 0.6) is 0 Å². The molecule has 20 heavy (non-hydrogen) atoms. The van der Waals surface area contributed by atoms with Crippen molar-refractivity contribution >= 4 is 23.0 Å². The van der Waals surface area contributed by atoms with Crippen LogP contribution in [0.1, 0.15) is 24.1 Å². The molecule has 1 fully saturated rings. The number of thiocarbonyl (C=S) groups is 1. The average Bonchev–Trinajstić information content (AvgIpc) is 3.09. The van der Waals surface area contributed by atoms with Gasteiger partial charge < -0.3 is 10.6 Å². The van der Waals surface area contributed by atoms with Gasteiger partial charge in [0.15, 0.2) is 11.5 Å². The molecule has 1 aromatic carbocycles. The molecule has 1 aliphatic heterocycles. The highest BCUT2D eigenvalue weighted by molar-refractivity contribution is 7.80. The van der Waals surface area contributed by atoms with Gasteiger partial charge in [0, 0.05) is 13.1 Å². The number of rotatable bonds is 2. The predicted octanol–water partition coefficient (Wildman–Crippen LogP) is 1.93. The Morgan fingerprint density at radius 1 is 1.20 bits per heavy atom. The Morgan fingerprint density at radius 2 is 1.85 bits per heavy atom. The molecule has 0 aliphatic carbocycles. The molecule has 0 saturated carbocycles. The molecule has 0 radical (unpaired) electrons. The molecular formula is C14H17N5S. The summed E-state index contributed by atoms with van der Waals surface area (Å²) in [5.74, 6) is 0.505. The van der Waals surface area contributed by atoms with Crippen molar-refractivity contribution in [3.63, 3.8) is 0 Å². The average molecular weight is 287 g/mol. The van der Waals surface area contributed by atoms with Gasteiger partial charge in [-0.2, -0.15) is 4.68 Å². The number of hydrogen-bond donors (Lipinski definition) is 1. The summed E-state index contributed by atoms with van der Waals surface area (Å²) in [5.41, 5.74) is 8.87. The van der Waals surface area contributed by atoms with E-state index >= 15 is 0 Å². The first-order valence-electron chi connectivity index (χ1n) is 6.74. The summed E-state index contributed by atoms with van der Waals surface area (Å²) in [4.78, 5) is 2.85. The molecule has 1 aromatic heterocycles. The number of aryl methyl sites for hydroxylation is 1. The topological polar surface area (TPSA) is 60.0 Å². The summed E-state index contributed by atoms with van der Waals surface area (Å²) >= 11 is 5.48. The van der Waals surface area contributed by atoms with Gasteiger partial charge in [0.05, 0.1) is 5.69 Å². The Hall–Kier alpha value is -1.95. The molecule has 0 unspecified atom stereocenters. The van der Waals surface area contributed by atoms with Gasteiger partial charge in [-0.15, -0.1) is 5.10 Å². The molecule has 6 heteroatoms. The van der Waals surface area contributed by atoms with E-state index in [1.54, 1.807) is 4.68 Å². The molecule has 0 atom stereocenters. The van der Waals surface area contributed by atoms with E-state index < -0.39 is 0 Å². The van der Waals surface area contributed by atoms with Crippen LogP contribution in [0.3, 0.4) is 0 Å². The zero-order valence-electron chi connectivity index (χ0n) is 11.4. The van der Waals surface area contributed by atoms with Crippen molar-refractivity contribution in [3.05, 3.63) is 35.5 Å². The number of nitrogens with zero attached hydrogens (tertiary/aromatic N) is 4. The second kappa shape index (κ2) is 5.20. The van der Waals surface area contributed by atoms with Gasteiger partial charge in [0.1, 0.15) is 4.99 Å². The van der Waals surface area contributed by atoms with Crippen LogP contribution in [-0.2, 0) is 0 Å². The minimum absolute atomic E-state index is 0.505. The Bertz CT molecular complexity index is 626. The highest BCUT2D eigenvalue weighted by Crippen LogP contribution is 2.19. The molecule has 1 aliphatic rings. The van der Waals surface area contributed by atoms with Crippen molar-refractivity contribution in [2.45, 2.75) is 19.8 Å². The van der Waals surface area contributed by atoms with E-state index in [2.05, 4.69) is 15.2 Å². The maximum Gasteiger partial charge on any atom is 0.164 e. The lowest BCUT2D eigenvalue weighted by Gasteiger charge is -2.16. The molecule has 2 aromatic rings. The van der Waals surface area contributed by atoms with E-state index in [1.165, 1.54) is 18.4 Å². The molecule has 5 nitrogen and oxygen atoms in total. The van der Waals surface area contributed by atoms with Crippen LogP contribution in [0.25, 0.3) is 5.69 Å². The van der Waals surface area contributed by atoms with Crippen molar-refractivity contribution in [1.29, 1.82) is 0 Å². The number of aromatic nitrogens is 3. The summed E-state index contributed by atoms with van der Waals surface area (Å²) in [5, 5.41) is 8.30. The van der Waals surface area contributed by atoms with Crippen LogP contribution in [0.15, 0.2) is 24.3 Å². The van der Waals surface area contributed by atoms with Crippen molar-refractivity contribution < 1.29 is 0 Å². The van der Waals surface area contributed by atoms with Gasteiger partial charge >= 0.3 is 0 Å². The highest BCUT2D eigenvalue weighted by Gasteiger charge is 2.22. The summed E-state index contributed by atoms with van der Waals surface area (Å²) in [7, 11) is 0. The summed E-state index contributed by atoms with van der Waals surface area (Å²) in [6.07, 6.45) is 2.35. The number of anilines is 1. The van der Waals surface area contributed by atoms with E-state index in [4.69, 9.17) is 18.0 Å². The fourth-order valence-corrected chi connectivity index (χ4v) is 2.72. The second-order valence-corrected chi connectivity index (χ2v) is 5.46. The smallest absolute Gasteiger partial charge is 0.164 e. The zero-order valence-corrected chi connectivity index (χ0v) is 12.2. The van der Waals surface area contributed by atoms with Gasteiger partial charge in [0.2, 0.25) is 0 Å². The molecule has 2 N–H and O–H groups in total. The van der Waals surface area contributed by atoms with Crippen molar-refractivity contribution in [2.24, 2.45) is 0 Å². The number of hydrogen-bond acceptors (Lipinski definition) is 4. The molecule has 3 rings (SSSR count). The Balaban J connectivity index is 1.92. The van der Waals surface area contributed by atoms with E-state index in [-0.39, 0.29) is 0 Å². The third-order valence-electron chi connectivity index (χ3n) is 3.58. The molecule has 0 bridgehead atoms. The Kier molecular flexibility index (Phi) is 3.40.